The van der Waals surface area contributed by atoms with E-state index in [2.05, 4.69) is 5.32 Å². The van der Waals surface area contributed by atoms with Crippen LogP contribution in [0.25, 0.3) is 6.08 Å². The number of carbonyl (C=O) groups is 2. The zero-order chi connectivity index (χ0) is 15.9. The summed E-state index contributed by atoms with van der Waals surface area (Å²) in [6.45, 7) is 5.27. The van der Waals surface area contributed by atoms with Gasteiger partial charge in [0.25, 0.3) is 5.91 Å². The maximum absolute atomic E-state index is 11.6. The average Bonchev–Trinajstić information content (AvgIpc) is 2.41. The molecular formula is C16H21NO4. The van der Waals surface area contributed by atoms with E-state index in [1.165, 1.54) is 6.08 Å². The Kier molecular flexibility index (Phi) is 5.96. The number of hydrogen-bond donors (Lipinski definition) is 1. The molecule has 1 amide bonds. The van der Waals surface area contributed by atoms with Crippen molar-refractivity contribution >= 4 is 18.0 Å². The molecule has 1 aromatic rings. The van der Waals surface area contributed by atoms with Crippen LogP contribution >= 0.6 is 0 Å². The van der Waals surface area contributed by atoms with Gasteiger partial charge in [0.05, 0.1) is 7.11 Å². The minimum atomic E-state index is -0.579. The van der Waals surface area contributed by atoms with E-state index in [0.29, 0.717) is 5.75 Å². The van der Waals surface area contributed by atoms with Crippen molar-refractivity contribution < 1.29 is 19.1 Å². The second-order valence-electron chi connectivity index (χ2n) is 5.48. The Balaban J connectivity index is 2.50. The molecular weight excluding hydrogens is 270 g/mol. The highest BCUT2D eigenvalue weighted by atomic mass is 16.5. The van der Waals surface area contributed by atoms with Crippen molar-refractivity contribution in [1.29, 1.82) is 0 Å². The number of benzene rings is 1. The van der Waals surface area contributed by atoms with Crippen LogP contribution in [-0.2, 0) is 14.3 Å². The quantitative estimate of drug-likeness (QED) is 0.667. The molecule has 0 aromatic heterocycles. The van der Waals surface area contributed by atoms with Crippen LogP contribution in [0, 0.1) is 0 Å². The van der Waals surface area contributed by atoms with Crippen molar-refractivity contribution in [1.82, 2.24) is 5.32 Å². The lowest BCUT2D eigenvalue weighted by Crippen LogP contribution is -2.42. The first-order valence-electron chi connectivity index (χ1n) is 6.61. The van der Waals surface area contributed by atoms with Gasteiger partial charge >= 0.3 is 5.97 Å². The zero-order valence-corrected chi connectivity index (χ0v) is 12.8. The van der Waals surface area contributed by atoms with Gasteiger partial charge < -0.3 is 14.8 Å². The van der Waals surface area contributed by atoms with Crippen LogP contribution in [0.3, 0.4) is 0 Å². The predicted molar refractivity (Wildman–Crippen MR) is 80.9 cm³/mol. The van der Waals surface area contributed by atoms with Gasteiger partial charge in [-0.05, 0) is 32.9 Å². The van der Waals surface area contributed by atoms with E-state index in [1.807, 2.05) is 39.0 Å². The Hall–Kier alpha value is -2.30. The third kappa shape index (κ3) is 6.61. The van der Waals surface area contributed by atoms with E-state index in [1.54, 1.807) is 19.3 Å². The van der Waals surface area contributed by atoms with Gasteiger partial charge in [0.2, 0.25) is 0 Å². The summed E-state index contributed by atoms with van der Waals surface area (Å²) in [6.07, 6.45) is 2.85. The van der Waals surface area contributed by atoms with Crippen molar-refractivity contribution in [2.24, 2.45) is 0 Å². The number of amides is 1. The molecule has 0 atom stereocenters. The molecule has 5 nitrogen and oxygen atoms in total. The fourth-order valence-corrected chi connectivity index (χ4v) is 1.60. The Morgan fingerprint density at radius 3 is 2.52 bits per heavy atom. The first-order chi connectivity index (χ1) is 9.81. The van der Waals surface area contributed by atoms with Gasteiger partial charge in [-0.2, -0.15) is 0 Å². The number of carbonyl (C=O) groups excluding carboxylic acids is 2. The summed E-state index contributed by atoms with van der Waals surface area (Å²) < 4.78 is 10.0. The molecule has 21 heavy (non-hydrogen) atoms. The van der Waals surface area contributed by atoms with E-state index in [0.717, 1.165) is 5.56 Å². The summed E-state index contributed by atoms with van der Waals surface area (Å²) in [4.78, 5) is 23.1. The van der Waals surface area contributed by atoms with Crippen LogP contribution in [0.4, 0.5) is 0 Å². The summed E-state index contributed by atoms with van der Waals surface area (Å²) in [5.41, 5.74) is 0.410. The van der Waals surface area contributed by atoms with Crippen molar-refractivity contribution in [3.63, 3.8) is 0 Å². The van der Waals surface area contributed by atoms with Crippen LogP contribution in [0.5, 0.6) is 5.75 Å². The lowest BCUT2D eigenvalue weighted by atomic mass is 10.1. The molecule has 5 heteroatoms. The second kappa shape index (κ2) is 7.47. The molecule has 0 heterocycles. The van der Waals surface area contributed by atoms with Crippen LogP contribution in [-0.4, -0.2) is 31.1 Å². The summed E-state index contributed by atoms with van der Waals surface area (Å²) in [5.74, 6) is -0.251. The standard InChI is InChI=1S/C16H21NO4/c1-16(2,3)17-14(18)11-21-15(19)10-9-12-7-5-6-8-13(12)20-4/h5-10H,11H2,1-4H3,(H,17,18)/b10-9+. The van der Waals surface area contributed by atoms with E-state index in [9.17, 15) is 9.59 Å². The lowest BCUT2D eigenvalue weighted by Gasteiger charge is -2.20. The number of rotatable bonds is 5. The van der Waals surface area contributed by atoms with E-state index < -0.39 is 5.97 Å². The summed E-state index contributed by atoms with van der Waals surface area (Å²) >= 11 is 0. The van der Waals surface area contributed by atoms with Crippen molar-refractivity contribution in [2.45, 2.75) is 26.3 Å². The lowest BCUT2D eigenvalue weighted by molar-refractivity contribution is -0.144. The van der Waals surface area contributed by atoms with E-state index in [4.69, 9.17) is 9.47 Å². The van der Waals surface area contributed by atoms with Gasteiger partial charge in [-0.15, -0.1) is 0 Å². The molecule has 0 bridgehead atoms. The number of ether oxygens (including phenoxy) is 2. The molecule has 0 aliphatic rings. The highest BCUT2D eigenvalue weighted by Gasteiger charge is 2.14. The smallest absolute Gasteiger partial charge is 0.331 e. The van der Waals surface area contributed by atoms with Gasteiger partial charge in [-0.25, -0.2) is 4.79 Å². The Morgan fingerprint density at radius 2 is 1.90 bits per heavy atom. The minimum absolute atomic E-state index is 0.299. The number of para-hydroxylation sites is 1. The fourth-order valence-electron chi connectivity index (χ4n) is 1.60. The minimum Gasteiger partial charge on any atom is -0.496 e. The molecule has 114 valence electrons. The molecule has 0 radical (unpaired) electrons. The van der Waals surface area contributed by atoms with E-state index in [-0.39, 0.29) is 18.1 Å². The highest BCUT2D eigenvalue weighted by Crippen LogP contribution is 2.18. The van der Waals surface area contributed by atoms with Crippen LogP contribution < -0.4 is 10.1 Å². The second-order valence-corrected chi connectivity index (χ2v) is 5.48. The van der Waals surface area contributed by atoms with Gasteiger partial charge in [0, 0.05) is 17.2 Å². The number of nitrogens with one attached hydrogen (secondary N) is 1. The number of methoxy groups -OCH3 is 1. The molecule has 0 aliphatic carbocycles. The topological polar surface area (TPSA) is 64.6 Å². The predicted octanol–water partition coefficient (Wildman–Crippen LogP) is 2.17. The normalized spacial score (nSPS) is 11.2. The van der Waals surface area contributed by atoms with Crippen LogP contribution in [0.2, 0.25) is 0 Å². The molecule has 0 saturated carbocycles. The monoisotopic (exact) mass is 291 g/mol. The van der Waals surface area contributed by atoms with Crippen LogP contribution in [0.1, 0.15) is 26.3 Å². The summed E-state index contributed by atoms with van der Waals surface area (Å²) in [7, 11) is 1.56. The first kappa shape index (κ1) is 16.8. The van der Waals surface area contributed by atoms with Gasteiger partial charge in [-0.1, -0.05) is 18.2 Å². The Bertz CT molecular complexity index is 529. The largest absolute Gasteiger partial charge is 0.496 e. The number of esters is 1. The third-order valence-electron chi connectivity index (χ3n) is 2.40. The molecule has 0 spiro atoms. The molecule has 1 aromatic carbocycles. The zero-order valence-electron chi connectivity index (χ0n) is 12.8. The summed E-state index contributed by atoms with van der Waals surface area (Å²) in [5, 5.41) is 2.71. The maximum Gasteiger partial charge on any atom is 0.331 e. The molecule has 1 rings (SSSR count). The van der Waals surface area contributed by atoms with E-state index >= 15 is 0 Å². The average molecular weight is 291 g/mol. The SMILES string of the molecule is COc1ccccc1/C=C/C(=O)OCC(=O)NC(C)(C)C. The molecule has 0 unspecified atom stereocenters. The Labute approximate surface area is 124 Å². The molecule has 0 saturated heterocycles. The van der Waals surface area contributed by atoms with Crippen LogP contribution in [0.15, 0.2) is 30.3 Å². The van der Waals surface area contributed by atoms with Crippen molar-refractivity contribution in [2.75, 3.05) is 13.7 Å². The van der Waals surface area contributed by atoms with Crippen molar-refractivity contribution in [3.05, 3.63) is 35.9 Å². The maximum atomic E-state index is 11.6. The van der Waals surface area contributed by atoms with Gasteiger partial charge in [0.1, 0.15) is 5.75 Å². The first-order valence-corrected chi connectivity index (χ1v) is 6.61. The van der Waals surface area contributed by atoms with Gasteiger partial charge in [0.15, 0.2) is 6.61 Å². The fraction of sp³-hybridized carbons (Fsp3) is 0.375. The Morgan fingerprint density at radius 1 is 1.24 bits per heavy atom. The molecule has 0 fully saturated rings. The van der Waals surface area contributed by atoms with Crippen molar-refractivity contribution in [3.8, 4) is 5.75 Å². The summed E-state index contributed by atoms with van der Waals surface area (Å²) in [6, 6.07) is 7.28. The third-order valence-corrected chi connectivity index (χ3v) is 2.40. The molecule has 0 aliphatic heterocycles. The van der Waals surface area contributed by atoms with Gasteiger partial charge in [-0.3, -0.25) is 4.79 Å². The highest BCUT2D eigenvalue weighted by molar-refractivity contribution is 5.89. The number of hydrogen-bond acceptors (Lipinski definition) is 4. The molecule has 1 N–H and O–H groups in total.